The summed E-state index contributed by atoms with van der Waals surface area (Å²) in [5, 5.41) is 8.02. The highest BCUT2D eigenvalue weighted by atomic mass is 32.2. The van der Waals surface area contributed by atoms with Gasteiger partial charge >= 0.3 is 0 Å². The number of rotatable bonds is 6. The fourth-order valence-electron chi connectivity index (χ4n) is 3.43. The van der Waals surface area contributed by atoms with Crippen LogP contribution < -0.4 is 10.5 Å². The lowest BCUT2D eigenvalue weighted by molar-refractivity contribution is -0.126. The van der Waals surface area contributed by atoms with Crippen molar-refractivity contribution in [1.29, 1.82) is 0 Å². The van der Waals surface area contributed by atoms with Crippen molar-refractivity contribution < 1.29 is 18.0 Å². The predicted octanol–water partition coefficient (Wildman–Crippen LogP) is 1.55. The lowest BCUT2D eigenvalue weighted by Gasteiger charge is -2.31. The summed E-state index contributed by atoms with van der Waals surface area (Å²) < 4.78 is 22.5. The molecule has 0 unspecified atom stereocenters. The van der Waals surface area contributed by atoms with Gasteiger partial charge in [0, 0.05) is 31.1 Å². The second-order valence-electron chi connectivity index (χ2n) is 7.16. The highest BCUT2D eigenvalue weighted by Crippen LogP contribution is 2.19. The molecule has 29 heavy (non-hydrogen) atoms. The van der Waals surface area contributed by atoms with Gasteiger partial charge in [-0.25, -0.2) is 13.6 Å². The SMILES string of the molecule is NS(=O)(=O)c1ccc(CCNC(=O)C2CCN(C(=O)c3ccccc3)CC2)cc1. The Labute approximate surface area is 171 Å². The molecule has 7 nitrogen and oxygen atoms in total. The molecule has 1 aliphatic heterocycles. The van der Waals surface area contributed by atoms with Gasteiger partial charge in [0.2, 0.25) is 15.9 Å². The molecule has 0 bridgehead atoms. The number of primary sulfonamides is 1. The number of amides is 2. The molecule has 3 rings (SSSR count). The number of carbonyl (C=O) groups excluding carboxylic acids is 2. The number of sulfonamides is 1. The van der Waals surface area contributed by atoms with Crippen LogP contribution in [0.4, 0.5) is 0 Å². The van der Waals surface area contributed by atoms with E-state index in [4.69, 9.17) is 5.14 Å². The minimum absolute atomic E-state index is 0.00188. The Morgan fingerprint density at radius 2 is 1.62 bits per heavy atom. The Kier molecular flexibility index (Phi) is 6.66. The molecular formula is C21H25N3O4S. The summed E-state index contributed by atoms with van der Waals surface area (Å²) >= 11 is 0. The molecule has 2 amide bonds. The summed E-state index contributed by atoms with van der Waals surface area (Å²) in [6.45, 7) is 1.61. The van der Waals surface area contributed by atoms with Crippen molar-refractivity contribution in [3.05, 3.63) is 65.7 Å². The van der Waals surface area contributed by atoms with Gasteiger partial charge in [0.1, 0.15) is 0 Å². The van der Waals surface area contributed by atoms with E-state index >= 15 is 0 Å². The van der Waals surface area contributed by atoms with Crippen LogP contribution in [0, 0.1) is 5.92 Å². The topological polar surface area (TPSA) is 110 Å². The predicted molar refractivity (Wildman–Crippen MR) is 110 cm³/mol. The third kappa shape index (κ3) is 5.65. The summed E-state index contributed by atoms with van der Waals surface area (Å²) in [5.41, 5.74) is 1.59. The van der Waals surface area contributed by atoms with Crippen molar-refractivity contribution in [2.75, 3.05) is 19.6 Å². The number of piperidine rings is 1. The van der Waals surface area contributed by atoms with Gasteiger partial charge in [-0.3, -0.25) is 9.59 Å². The maximum atomic E-state index is 12.5. The van der Waals surface area contributed by atoms with Gasteiger partial charge in [0.05, 0.1) is 4.90 Å². The van der Waals surface area contributed by atoms with Gasteiger partial charge in [-0.2, -0.15) is 0 Å². The van der Waals surface area contributed by atoms with E-state index in [1.165, 1.54) is 12.1 Å². The lowest BCUT2D eigenvalue weighted by atomic mass is 9.95. The van der Waals surface area contributed by atoms with Crippen LogP contribution in [-0.4, -0.2) is 44.8 Å². The summed E-state index contributed by atoms with van der Waals surface area (Å²) in [7, 11) is -3.69. The Bertz CT molecular complexity index is 951. The van der Waals surface area contributed by atoms with E-state index in [1.54, 1.807) is 29.2 Å². The highest BCUT2D eigenvalue weighted by Gasteiger charge is 2.27. The van der Waals surface area contributed by atoms with Crippen LogP contribution >= 0.6 is 0 Å². The third-order valence-electron chi connectivity index (χ3n) is 5.14. The van der Waals surface area contributed by atoms with Crippen molar-refractivity contribution in [1.82, 2.24) is 10.2 Å². The second kappa shape index (κ2) is 9.19. The molecule has 8 heteroatoms. The van der Waals surface area contributed by atoms with Crippen molar-refractivity contribution in [2.45, 2.75) is 24.2 Å². The van der Waals surface area contributed by atoms with Crippen LogP contribution in [-0.2, 0) is 21.2 Å². The first-order valence-corrected chi connectivity index (χ1v) is 11.1. The number of nitrogens with zero attached hydrogens (tertiary/aromatic N) is 1. The molecule has 0 aromatic heterocycles. The van der Waals surface area contributed by atoms with Gasteiger partial charge in [-0.1, -0.05) is 30.3 Å². The standard InChI is InChI=1S/C21H25N3O4S/c22-29(27,28)19-8-6-16(7-9-19)10-13-23-20(25)17-11-14-24(15-12-17)21(26)18-4-2-1-3-5-18/h1-9,17H,10-15H2,(H,23,25)(H2,22,27,28). The summed E-state index contributed by atoms with van der Waals surface area (Å²) in [6, 6.07) is 15.5. The Balaban J connectivity index is 1.42. The molecule has 0 saturated carbocycles. The third-order valence-corrected chi connectivity index (χ3v) is 6.07. The number of benzene rings is 2. The van der Waals surface area contributed by atoms with Gasteiger partial charge in [-0.15, -0.1) is 0 Å². The van der Waals surface area contributed by atoms with Crippen molar-refractivity contribution in [3.63, 3.8) is 0 Å². The molecule has 2 aromatic carbocycles. The minimum Gasteiger partial charge on any atom is -0.356 e. The number of nitrogens with one attached hydrogen (secondary N) is 1. The van der Waals surface area contributed by atoms with Crippen molar-refractivity contribution >= 4 is 21.8 Å². The second-order valence-corrected chi connectivity index (χ2v) is 8.72. The first-order valence-electron chi connectivity index (χ1n) is 9.58. The molecule has 0 spiro atoms. The molecule has 0 radical (unpaired) electrons. The van der Waals surface area contributed by atoms with Gasteiger partial charge < -0.3 is 10.2 Å². The normalized spacial score (nSPS) is 15.1. The maximum absolute atomic E-state index is 12.5. The van der Waals surface area contributed by atoms with Crippen LogP contribution in [0.3, 0.4) is 0 Å². The Morgan fingerprint density at radius 3 is 2.21 bits per heavy atom. The summed E-state index contributed by atoms with van der Waals surface area (Å²) in [5.74, 6) is -0.0926. The quantitative estimate of drug-likeness (QED) is 0.746. The van der Waals surface area contributed by atoms with Crippen LogP contribution in [0.15, 0.2) is 59.5 Å². The minimum atomic E-state index is -3.69. The zero-order valence-corrected chi connectivity index (χ0v) is 16.9. The smallest absolute Gasteiger partial charge is 0.253 e. The fraction of sp³-hybridized carbons (Fsp3) is 0.333. The molecule has 3 N–H and O–H groups in total. The monoisotopic (exact) mass is 415 g/mol. The number of hydrogen-bond donors (Lipinski definition) is 2. The Morgan fingerprint density at radius 1 is 1.00 bits per heavy atom. The van der Waals surface area contributed by atoms with Crippen molar-refractivity contribution in [3.8, 4) is 0 Å². The van der Waals surface area contributed by atoms with Crippen LogP contribution in [0.2, 0.25) is 0 Å². The molecule has 1 saturated heterocycles. The largest absolute Gasteiger partial charge is 0.356 e. The van der Waals surface area contributed by atoms with Gasteiger partial charge in [-0.05, 0) is 49.1 Å². The van der Waals surface area contributed by atoms with E-state index in [0.717, 1.165) is 5.56 Å². The van der Waals surface area contributed by atoms with E-state index in [1.807, 2.05) is 18.2 Å². The average Bonchev–Trinajstić information content (AvgIpc) is 2.73. The molecule has 2 aromatic rings. The fourth-order valence-corrected chi connectivity index (χ4v) is 3.94. The van der Waals surface area contributed by atoms with Gasteiger partial charge in [0.25, 0.3) is 5.91 Å². The van der Waals surface area contributed by atoms with Crippen LogP contribution in [0.5, 0.6) is 0 Å². The first-order chi connectivity index (χ1) is 13.8. The lowest BCUT2D eigenvalue weighted by Crippen LogP contribution is -2.43. The van der Waals surface area contributed by atoms with Crippen molar-refractivity contribution in [2.24, 2.45) is 11.1 Å². The molecular weight excluding hydrogens is 390 g/mol. The zero-order chi connectivity index (χ0) is 20.9. The van der Waals surface area contributed by atoms with E-state index in [2.05, 4.69) is 5.32 Å². The van der Waals surface area contributed by atoms with Crippen LogP contribution in [0.1, 0.15) is 28.8 Å². The zero-order valence-electron chi connectivity index (χ0n) is 16.1. The first kappa shape index (κ1) is 21.0. The molecule has 1 fully saturated rings. The molecule has 1 heterocycles. The molecule has 1 aliphatic rings. The molecule has 0 atom stereocenters. The number of hydrogen-bond acceptors (Lipinski definition) is 4. The van der Waals surface area contributed by atoms with E-state index in [-0.39, 0.29) is 22.6 Å². The van der Waals surface area contributed by atoms with Crippen LogP contribution in [0.25, 0.3) is 0 Å². The average molecular weight is 416 g/mol. The number of nitrogens with two attached hydrogens (primary N) is 1. The highest BCUT2D eigenvalue weighted by molar-refractivity contribution is 7.89. The summed E-state index contributed by atoms with van der Waals surface area (Å²) in [6.07, 6.45) is 1.89. The van der Waals surface area contributed by atoms with E-state index in [9.17, 15) is 18.0 Å². The Hall–Kier alpha value is -2.71. The number of likely N-dealkylation sites (tertiary alicyclic amines) is 1. The van der Waals surface area contributed by atoms with E-state index < -0.39 is 10.0 Å². The summed E-state index contributed by atoms with van der Waals surface area (Å²) in [4.78, 5) is 26.8. The van der Waals surface area contributed by atoms with Gasteiger partial charge in [0.15, 0.2) is 0 Å². The molecule has 0 aliphatic carbocycles. The maximum Gasteiger partial charge on any atom is 0.253 e. The molecule has 154 valence electrons. The number of carbonyl (C=O) groups is 2. The van der Waals surface area contributed by atoms with E-state index in [0.29, 0.717) is 44.5 Å².